The zero-order valence-electron chi connectivity index (χ0n) is 19.6. The van der Waals surface area contributed by atoms with E-state index in [9.17, 15) is 0 Å². The highest BCUT2D eigenvalue weighted by atomic mass is 28.4. The molecule has 0 atom stereocenters. The molecule has 0 spiro atoms. The van der Waals surface area contributed by atoms with E-state index in [2.05, 4.69) is 64.2 Å². The van der Waals surface area contributed by atoms with E-state index in [-0.39, 0.29) is 5.04 Å². The Hall–Kier alpha value is -2.72. The molecule has 0 unspecified atom stereocenters. The van der Waals surface area contributed by atoms with Crippen LogP contribution >= 0.6 is 0 Å². The average molecular weight is 435 g/mol. The van der Waals surface area contributed by atoms with Crippen molar-refractivity contribution in [1.29, 1.82) is 0 Å². The predicted octanol–water partition coefficient (Wildman–Crippen LogP) is 7.54. The van der Waals surface area contributed by atoms with Crippen LogP contribution < -0.4 is 13.9 Å². The van der Waals surface area contributed by atoms with Crippen molar-refractivity contribution in [3.63, 3.8) is 0 Å². The number of benzene rings is 3. The maximum atomic E-state index is 6.56. The molecule has 0 saturated heterocycles. The molecule has 0 amide bonds. The highest BCUT2D eigenvalue weighted by Crippen LogP contribution is 2.41. The molecule has 3 rings (SSSR count). The van der Waals surface area contributed by atoms with Crippen LogP contribution in [0.3, 0.4) is 0 Å². The number of hydrogen-bond acceptors (Lipinski definition) is 3. The Bertz CT molecular complexity index is 977. The number of aryl methyl sites for hydroxylation is 1. The van der Waals surface area contributed by atoms with Gasteiger partial charge in [-0.2, -0.15) is 0 Å². The highest BCUT2D eigenvalue weighted by molar-refractivity contribution is 6.74. The van der Waals surface area contributed by atoms with Crippen molar-refractivity contribution in [2.45, 2.75) is 59.0 Å². The standard InChI is InChI=1S/C27H34O3Si/c1-21-17-24(30-31(5,6)27(2,3)4)18-25(28-19-22-13-9-7-10-14-22)26(21)29-20-23-15-11-8-12-16-23/h7-18H,19-20H2,1-6H3. The molecular weight excluding hydrogens is 400 g/mol. The number of rotatable bonds is 8. The van der Waals surface area contributed by atoms with Crippen molar-refractivity contribution >= 4 is 8.32 Å². The molecule has 0 N–H and O–H groups in total. The first-order valence-electron chi connectivity index (χ1n) is 10.8. The van der Waals surface area contributed by atoms with Gasteiger partial charge in [0, 0.05) is 6.07 Å². The van der Waals surface area contributed by atoms with Crippen LogP contribution in [0.25, 0.3) is 0 Å². The van der Waals surface area contributed by atoms with Gasteiger partial charge in [0.15, 0.2) is 11.5 Å². The molecule has 0 heterocycles. The zero-order chi connectivity index (χ0) is 22.5. The molecule has 3 aromatic rings. The van der Waals surface area contributed by atoms with Crippen LogP contribution in [0, 0.1) is 6.92 Å². The molecule has 4 heteroatoms. The molecule has 0 aliphatic carbocycles. The Morgan fingerprint density at radius 2 is 1.26 bits per heavy atom. The first kappa shape index (κ1) is 23.0. The van der Waals surface area contributed by atoms with Crippen LogP contribution in [0.5, 0.6) is 17.2 Å². The molecule has 0 radical (unpaired) electrons. The summed E-state index contributed by atoms with van der Waals surface area (Å²) in [7, 11) is -1.96. The Kier molecular flexibility index (Phi) is 7.11. The Labute approximate surface area is 188 Å². The van der Waals surface area contributed by atoms with Crippen molar-refractivity contribution in [3.05, 3.63) is 89.5 Å². The SMILES string of the molecule is Cc1cc(O[Si](C)(C)C(C)(C)C)cc(OCc2ccccc2)c1OCc1ccccc1. The third kappa shape index (κ3) is 6.14. The summed E-state index contributed by atoms with van der Waals surface area (Å²) in [5, 5.41) is 0.119. The van der Waals surface area contributed by atoms with Crippen LogP contribution in [0.2, 0.25) is 18.1 Å². The van der Waals surface area contributed by atoms with Crippen LogP contribution in [-0.2, 0) is 13.2 Å². The van der Waals surface area contributed by atoms with Gasteiger partial charge in [-0.15, -0.1) is 0 Å². The van der Waals surface area contributed by atoms with Gasteiger partial charge in [-0.25, -0.2) is 0 Å². The molecule has 31 heavy (non-hydrogen) atoms. The van der Waals surface area contributed by atoms with Gasteiger partial charge >= 0.3 is 0 Å². The van der Waals surface area contributed by atoms with E-state index >= 15 is 0 Å². The van der Waals surface area contributed by atoms with Gasteiger partial charge < -0.3 is 13.9 Å². The lowest BCUT2D eigenvalue weighted by atomic mass is 10.2. The summed E-state index contributed by atoms with van der Waals surface area (Å²) in [5.74, 6) is 2.33. The fourth-order valence-electron chi connectivity index (χ4n) is 2.97. The topological polar surface area (TPSA) is 27.7 Å². The fourth-order valence-corrected chi connectivity index (χ4v) is 3.99. The second kappa shape index (κ2) is 9.61. The van der Waals surface area contributed by atoms with Crippen molar-refractivity contribution in [1.82, 2.24) is 0 Å². The third-order valence-electron chi connectivity index (χ3n) is 5.86. The third-order valence-corrected chi connectivity index (χ3v) is 10.2. The fraction of sp³-hybridized carbons (Fsp3) is 0.333. The minimum Gasteiger partial charge on any atom is -0.543 e. The maximum absolute atomic E-state index is 6.56. The number of ether oxygens (including phenoxy) is 2. The molecule has 0 aliphatic heterocycles. The van der Waals surface area contributed by atoms with Crippen molar-refractivity contribution in [3.8, 4) is 17.2 Å². The summed E-state index contributed by atoms with van der Waals surface area (Å²) in [6.45, 7) is 14.3. The van der Waals surface area contributed by atoms with Crippen molar-refractivity contribution in [2.24, 2.45) is 0 Å². The summed E-state index contributed by atoms with van der Waals surface area (Å²) in [4.78, 5) is 0. The zero-order valence-corrected chi connectivity index (χ0v) is 20.6. The molecule has 3 nitrogen and oxygen atoms in total. The van der Waals surface area contributed by atoms with Crippen LogP contribution in [-0.4, -0.2) is 8.32 Å². The van der Waals surface area contributed by atoms with Crippen LogP contribution in [0.15, 0.2) is 72.8 Å². The van der Waals surface area contributed by atoms with Gasteiger partial charge in [-0.3, -0.25) is 0 Å². The van der Waals surface area contributed by atoms with E-state index in [0.29, 0.717) is 19.0 Å². The maximum Gasteiger partial charge on any atom is 0.250 e. The van der Waals surface area contributed by atoms with Gasteiger partial charge in [0.2, 0.25) is 8.32 Å². The van der Waals surface area contributed by atoms with Gasteiger partial charge in [0.1, 0.15) is 19.0 Å². The van der Waals surface area contributed by atoms with E-state index in [1.54, 1.807) is 0 Å². The minimum atomic E-state index is -1.96. The number of hydrogen-bond donors (Lipinski definition) is 0. The average Bonchev–Trinajstić information content (AvgIpc) is 2.72. The molecule has 0 fully saturated rings. The second-order valence-electron chi connectivity index (χ2n) is 9.48. The molecule has 0 bridgehead atoms. The lowest BCUT2D eigenvalue weighted by Gasteiger charge is -2.36. The lowest BCUT2D eigenvalue weighted by molar-refractivity contribution is 0.253. The van der Waals surface area contributed by atoms with Gasteiger partial charge in [-0.1, -0.05) is 81.4 Å². The molecule has 164 valence electrons. The van der Waals surface area contributed by atoms with E-state index in [1.165, 1.54) is 0 Å². The normalized spacial score (nSPS) is 11.8. The van der Waals surface area contributed by atoms with E-state index in [1.807, 2.05) is 49.4 Å². The van der Waals surface area contributed by atoms with Crippen LogP contribution in [0.1, 0.15) is 37.5 Å². The summed E-state index contributed by atoms with van der Waals surface area (Å²) in [6, 6.07) is 24.4. The van der Waals surface area contributed by atoms with Gasteiger partial charge in [-0.05, 0) is 47.8 Å². The quantitative estimate of drug-likeness (QED) is 0.343. The molecular formula is C27H34O3Si. The first-order valence-corrected chi connectivity index (χ1v) is 13.7. The molecule has 0 saturated carbocycles. The molecule has 3 aromatic carbocycles. The predicted molar refractivity (Wildman–Crippen MR) is 131 cm³/mol. The first-order chi connectivity index (χ1) is 14.7. The molecule has 0 aromatic heterocycles. The summed E-state index contributed by atoms with van der Waals surface area (Å²) in [5.41, 5.74) is 3.25. The van der Waals surface area contributed by atoms with Gasteiger partial charge in [0.25, 0.3) is 0 Å². The summed E-state index contributed by atoms with van der Waals surface area (Å²) >= 11 is 0. The Morgan fingerprint density at radius 3 is 1.77 bits per heavy atom. The highest BCUT2D eigenvalue weighted by Gasteiger charge is 2.39. The Balaban J connectivity index is 1.88. The van der Waals surface area contributed by atoms with Gasteiger partial charge in [0.05, 0.1) is 0 Å². The minimum absolute atomic E-state index is 0.119. The Morgan fingerprint density at radius 1 is 0.742 bits per heavy atom. The van der Waals surface area contributed by atoms with E-state index < -0.39 is 8.32 Å². The monoisotopic (exact) mass is 434 g/mol. The van der Waals surface area contributed by atoms with E-state index in [0.717, 1.165) is 28.2 Å². The summed E-state index contributed by atoms with van der Waals surface area (Å²) < 4.78 is 19.0. The lowest BCUT2D eigenvalue weighted by Crippen LogP contribution is -2.43. The molecule has 0 aliphatic rings. The van der Waals surface area contributed by atoms with Crippen molar-refractivity contribution < 1.29 is 13.9 Å². The van der Waals surface area contributed by atoms with Crippen LogP contribution in [0.4, 0.5) is 0 Å². The second-order valence-corrected chi connectivity index (χ2v) is 14.2. The van der Waals surface area contributed by atoms with Crippen molar-refractivity contribution in [2.75, 3.05) is 0 Å². The summed E-state index contributed by atoms with van der Waals surface area (Å²) in [6.07, 6.45) is 0. The van der Waals surface area contributed by atoms with E-state index in [4.69, 9.17) is 13.9 Å². The smallest absolute Gasteiger partial charge is 0.250 e. The largest absolute Gasteiger partial charge is 0.543 e.